The Morgan fingerprint density at radius 3 is 2.69 bits per heavy atom. The fourth-order valence-corrected chi connectivity index (χ4v) is 3.67. The maximum atomic E-state index is 13.8. The van der Waals surface area contributed by atoms with Crippen molar-refractivity contribution in [1.29, 1.82) is 0 Å². The van der Waals surface area contributed by atoms with E-state index in [0.717, 1.165) is 17.7 Å². The van der Waals surface area contributed by atoms with Crippen LogP contribution in [0, 0.1) is 11.7 Å². The van der Waals surface area contributed by atoms with Crippen LogP contribution in [0.5, 0.6) is 0 Å². The molecule has 1 aliphatic heterocycles. The molecule has 1 saturated carbocycles. The maximum absolute atomic E-state index is 13.8. The Bertz CT molecular complexity index is 866. The lowest BCUT2D eigenvalue weighted by Gasteiger charge is -2.21. The Labute approximate surface area is 151 Å². The van der Waals surface area contributed by atoms with Crippen LogP contribution >= 0.6 is 0 Å². The topological polar surface area (TPSA) is 46.6 Å². The summed E-state index contributed by atoms with van der Waals surface area (Å²) in [6.45, 7) is 2.20. The first-order valence-corrected chi connectivity index (χ1v) is 8.90. The summed E-state index contributed by atoms with van der Waals surface area (Å²) in [5, 5.41) is 0. The summed E-state index contributed by atoms with van der Waals surface area (Å²) in [6.07, 6.45) is 0.517. The fraction of sp³-hybridized carbons (Fsp3) is 0.333. The highest BCUT2D eigenvalue weighted by Gasteiger charge is 2.47. The highest BCUT2D eigenvalue weighted by Crippen LogP contribution is 2.49. The standard InChI is InChI=1S/C21H20FNO3/c1-13(20(24)23-11-10-14-6-2-5-9-19(14)23)26-21(25)17-12-16(17)15-7-3-4-8-18(15)22/h2-9,13,16-17H,10-12H2,1H3/t13-,16-,17-/m0/s1. The van der Waals surface area contributed by atoms with Gasteiger partial charge in [0.25, 0.3) is 5.91 Å². The molecule has 0 N–H and O–H groups in total. The van der Waals surface area contributed by atoms with Gasteiger partial charge in [0.05, 0.1) is 5.92 Å². The van der Waals surface area contributed by atoms with Crippen LogP contribution in [0.15, 0.2) is 48.5 Å². The van der Waals surface area contributed by atoms with E-state index in [2.05, 4.69) is 0 Å². The molecule has 0 aromatic heterocycles. The molecule has 26 heavy (non-hydrogen) atoms. The van der Waals surface area contributed by atoms with Crippen LogP contribution in [0.3, 0.4) is 0 Å². The number of carbonyl (C=O) groups excluding carboxylic acids is 2. The number of para-hydroxylation sites is 1. The van der Waals surface area contributed by atoms with Gasteiger partial charge in [0.2, 0.25) is 0 Å². The van der Waals surface area contributed by atoms with Gasteiger partial charge in [0.1, 0.15) is 5.82 Å². The molecule has 1 aliphatic carbocycles. The Morgan fingerprint density at radius 2 is 1.88 bits per heavy atom. The minimum Gasteiger partial charge on any atom is -0.452 e. The van der Waals surface area contributed by atoms with Crippen molar-refractivity contribution in [3.8, 4) is 0 Å². The predicted molar refractivity (Wildman–Crippen MR) is 95.3 cm³/mol. The summed E-state index contributed by atoms with van der Waals surface area (Å²) in [5.74, 6) is -1.46. The lowest BCUT2D eigenvalue weighted by atomic mass is 10.1. The van der Waals surface area contributed by atoms with Crippen molar-refractivity contribution >= 4 is 17.6 Å². The third-order valence-corrected chi connectivity index (χ3v) is 5.19. The van der Waals surface area contributed by atoms with E-state index in [-0.39, 0.29) is 23.6 Å². The van der Waals surface area contributed by atoms with Gasteiger partial charge in [-0.1, -0.05) is 36.4 Å². The van der Waals surface area contributed by atoms with Crippen LogP contribution in [0.1, 0.15) is 30.4 Å². The van der Waals surface area contributed by atoms with Gasteiger partial charge in [-0.3, -0.25) is 9.59 Å². The number of fused-ring (bicyclic) bond motifs is 1. The normalized spacial score (nSPS) is 21.8. The molecule has 0 saturated heterocycles. The zero-order chi connectivity index (χ0) is 18.3. The highest BCUT2D eigenvalue weighted by atomic mass is 19.1. The van der Waals surface area contributed by atoms with E-state index < -0.39 is 12.1 Å². The number of nitrogens with zero attached hydrogens (tertiary/aromatic N) is 1. The number of halogens is 1. The molecule has 1 amide bonds. The number of carbonyl (C=O) groups is 2. The molecule has 2 aliphatic rings. The predicted octanol–water partition coefficient (Wildman–Crippen LogP) is 3.45. The molecule has 0 unspecified atom stereocenters. The summed E-state index contributed by atoms with van der Waals surface area (Å²) in [6, 6.07) is 14.2. The lowest BCUT2D eigenvalue weighted by molar-refractivity contribution is -0.155. The Morgan fingerprint density at radius 1 is 1.15 bits per heavy atom. The Balaban J connectivity index is 1.38. The molecule has 134 valence electrons. The number of rotatable bonds is 4. The van der Waals surface area contributed by atoms with Crippen LogP contribution in [0.25, 0.3) is 0 Å². The monoisotopic (exact) mass is 353 g/mol. The van der Waals surface area contributed by atoms with Gasteiger partial charge < -0.3 is 9.64 Å². The van der Waals surface area contributed by atoms with Crippen LogP contribution in [-0.4, -0.2) is 24.5 Å². The molecular weight excluding hydrogens is 333 g/mol. The van der Waals surface area contributed by atoms with Gasteiger partial charge in [-0.15, -0.1) is 0 Å². The van der Waals surface area contributed by atoms with E-state index in [9.17, 15) is 14.0 Å². The van der Waals surface area contributed by atoms with Crippen molar-refractivity contribution in [2.75, 3.05) is 11.4 Å². The SMILES string of the molecule is C[C@H](OC(=O)[C@H]1C[C@H]1c1ccccc1F)C(=O)N1CCc2ccccc21. The van der Waals surface area contributed by atoms with Gasteiger partial charge in [-0.05, 0) is 43.0 Å². The second-order valence-corrected chi connectivity index (χ2v) is 6.92. The number of anilines is 1. The van der Waals surface area contributed by atoms with Crippen molar-refractivity contribution in [1.82, 2.24) is 0 Å². The van der Waals surface area contributed by atoms with Crippen molar-refractivity contribution in [2.45, 2.75) is 31.8 Å². The van der Waals surface area contributed by atoms with E-state index in [4.69, 9.17) is 4.74 Å². The quantitative estimate of drug-likeness (QED) is 0.791. The van der Waals surface area contributed by atoms with Crippen LogP contribution < -0.4 is 4.90 Å². The molecule has 0 bridgehead atoms. The van der Waals surface area contributed by atoms with Crippen LogP contribution in [0.2, 0.25) is 0 Å². The second kappa shape index (κ2) is 6.56. The third-order valence-electron chi connectivity index (χ3n) is 5.19. The average Bonchev–Trinajstić information content (AvgIpc) is 3.33. The lowest BCUT2D eigenvalue weighted by Crippen LogP contribution is -2.39. The molecule has 2 aromatic rings. The number of esters is 1. The smallest absolute Gasteiger partial charge is 0.310 e. The molecule has 1 fully saturated rings. The second-order valence-electron chi connectivity index (χ2n) is 6.92. The maximum Gasteiger partial charge on any atom is 0.310 e. The number of hydrogen-bond acceptors (Lipinski definition) is 3. The molecule has 5 heteroatoms. The summed E-state index contributed by atoms with van der Waals surface area (Å²) in [7, 11) is 0. The van der Waals surface area contributed by atoms with E-state index in [1.165, 1.54) is 6.07 Å². The van der Waals surface area contributed by atoms with Gasteiger partial charge in [0.15, 0.2) is 6.10 Å². The first kappa shape index (κ1) is 16.8. The molecular formula is C21H20FNO3. The summed E-state index contributed by atoms with van der Waals surface area (Å²) in [4.78, 5) is 26.7. The van der Waals surface area contributed by atoms with Crippen molar-refractivity contribution in [3.05, 3.63) is 65.5 Å². The van der Waals surface area contributed by atoms with E-state index in [0.29, 0.717) is 18.5 Å². The van der Waals surface area contributed by atoms with Gasteiger partial charge in [-0.25, -0.2) is 4.39 Å². The Kier molecular flexibility index (Phi) is 4.23. The van der Waals surface area contributed by atoms with Crippen molar-refractivity contribution < 1.29 is 18.7 Å². The third kappa shape index (κ3) is 2.98. The van der Waals surface area contributed by atoms with E-state index >= 15 is 0 Å². The average molecular weight is 353 g/mol. The molecule has 2 aromatic carbocycles. The van der Waals surface area contributed by atoms with Gasteiger partial charge >= 0.3 is 5.97 Å². The van der Waals surface area contributed by atoms with Gasteiger partial charge in [-0.2, -0.15) is 0 Å². The number of ether oxygens (including phenoxy) is 1. The largest absolute Gasteiger partial charge is 0.452 e. The van der Waals surface area contributed by atoms with Crippen molar-refractivity contribution in [2.24, 2.45) is 5.92 Å². The zero-order valence-corrected chi connectivity index (χ0v) is 14.5. The summed E-state index contributed by atoms with van der Waals surface area (Å²) < 4.78 is 19.2. The van der Waals surface area contributed by atoms with Crippen molar-refractivity contribution in [3.63, 3.8) is 0 Å². The highest BCUT2D eigenvalue weighted by molar-refractivity contribution is 5.99. The fourth-order valence-electron chi connectivity index (χ4n) is 3.67. The summed E-state index contributed by atoms with van der Waals surface area (Å²) >= 11 is 0. The molecule has 0 radical (unpaired) electrons. The number of hydrogen-bond donors (Lipinski definition) is 0. The zero-order valence-electron chi connectivity index (χ0n) is 14.5. The number of benzene rings is 2. The first-order valence-electron chi connectivity index (χ1n) is 8.90. The van der Waals surface area contributed by atoms with Crippen LogP contribution in [0.4, 0.5) is 10.1 Å². The molecule has 4 nitrogen and oxygen atoms in total. The summed E-state index contributed by atoms with van der Waals surface area (Å²) in [5.41, 5.74) is 2.55. The van der Waals surface area contributed by atoms with E-state index in [1.54, 1.807) is 30.0 Å². The van der Waals surface area contributed by atoms with Crippen LogP contribution in [-0.2, 0) is 20.7 Å². The minimum atomic E-state index is -0.851. The molecule has 0 spiro atoms. The Hall–Kier alpha value is -2.69. The minimum absolute atomic E-state index is 0.154. The number of amides is 1. The first-order chi connectivity index (χ1) is 12.6. The van der Waals surface area contributed by atoms with E-state index in [1.807, 2.05) is 24.3 Å². The molecule has 1 heterocycles. The van der Waals surface area contributed by atoms with Gasteiger partial charge in [0, 0.05) is 18.2 Å². The molecule has 3 atom stereocenters. The molecule has 4 rings (SSSR count).